The van der Waals surface area contributed by atoms with Crippen molar-refractivity contribution in [2.45, 2.75) is 115 Å². The Balaban J connectivity index is 1.71. The molecular formula is C26H42O4Si. The van der Waals surface area contributed by atoms with Crippen LogP contribution in [0.4, 0.5) is 0 Å². The first-order valence-corrected chi connectivity index (χ1v) is 14.7. The van der Waals surface area contributed by atoms with Crippen LogP contribution in [0.3, 0.4) is 0 Å². The zero-order chi connectivity index (χ0) is 22.5. The summed E-state index contributed by atoms with van der Waals surface area (Å²) in [6.45, 7) is 15.9. The van der Waals surface area contributed by atoms with Gasteiger partial charge >= 0.3 is 0 Å². The Labute approximate surface area is 190 Å². The van der Waals surface area contributed by atoms with Gasteiger partial charge in [0.1, 0.15) is 6.10 Å². The topological polar surface area (TPSA) is 36.9 Å². The first kappa shape index (κ1) is 24.7. The highest BCUT2D eigenvalue weighted by atomic mass is 28.4. The number of hydrogen-bond acceptors (Lipinski definition) is 4. The maximum Gasteiger partial charge on any atom is 0.192 e. The van der Waals surface area contributed by atoms with E-state index in [4.69, 9.17) is 18.6 Å². The van der Waals surface area contributed by atoms with Crippen LogP contribution in [0.2, 0.25) is 18.1 Å². The van der Waals surface area contributed by atoms with Crippen LogP contribution in [0.5, 0.6) is 0 Å². The molecule has 6 atom stereocenters. The van der Waals surface area contributed by atoms with Crippen LogP contribution in [0.1, 0.15) is 59.4 Å². The first-order valence-electron chi connectivity index (χ1n) is 12.2. The highest BCUT2D eigenvalue weighted by molar-refractivity contribution is 6.73. The minimum Gasteiger partial charge on any atom is -0.411 e. The molecule has 2 aliphatic heterocycles. The van der Waals surface area contributed by atoms with Gasteiger partial charge in [-0.05, 0) is 50.4 Å². The maximum absolute atomic E-state index is 6.88. The SMILES string of the molecule is C=C[C@@H]1O[C@@H]2C[C@H](OCc3ccccc3)[C@@H](C)O[C@@]2(C)CC[C@H]1O[Si](CC)(CC)CC. The van der Waals surface area contributed by atoms with Gasteiger partial charge in [-0.15, -0.1) is 6.58 Å². The second-order valence-electron chi connectivity index (χ2n) is 9.47. The van der Waals surface area contributed by atoms with E-state index in [0.717, 1.165) is 37.4 Å². The van der Waals surface area contributed by atoms with Crippen molar-refractivity contribution in [3.8, 4) is 0 Å². The lowest BCUT2D eigenvalue weighted by Crippen LogP contribution is -2.55. The second-order valence-corrected chi connectivity index (χ2v) is 14.2. The van der Waals surface area contributed by atoms with Crippen molar-refractivity contribution in [3.63, 3.8) is 0 Å². The fraction of sp³-hybridized carbons (Fsp3) is 0.692. The van der Waals surface area contributed by atoms with Crippen molar-refractivity contribution in [1.29, 1.82) is 0 Å². The van der Waals surface area contributed by atoms with Crippen LogP contribution in [0, 0.1) is 0 Å². The molecule has 1 aromatic rings. The van der Waals surface area contributed by atoms with Gasteiger partial charge in [-0.1, -0.05) is 57.2 Å². The Kier molecular flexibility index (Phi) is 8.55. The minimum atomic E-state index is -1.73. The van der Waals surface area contributed by atoms with Gasteiger partial charge in [-0.2, -0.15) is 0 Å². The summed E-state index contributed by atoms with van der Waals surface area (Å²) in [7, 11) is -1.73. The fourth-order valence-corrected chi connectivity index (χ4v) is 8.05. The first-order chi connectivity index (χ1) is 14.9. The van der Waals surface area contributed by atoms with Gasteiger partial charge in [0.2, 0.25) is 0 Å². The maximum atomic E-state index is 6.88. The van der Waals surface area contributed by atoms with Gasteiger partial charge in [0.05, 0.1) is 36.6 Å². The van der Waals surface area contributed by atoms with Crippen LogP contribution < -0.4 is 0 Å². The largest absolute Gasteiger partial charge is 0.411 e. The van der Waals surface area contributed by atoms with Crippen LogP contribution in [0.25, 0.3) is 0 Å². The molecule has 0 radical (unpaired) electrons. The highest BCUT2D eigenvalue weighted by Gasteiger charge is 2.50. The number of rotatable bonds is 9. The quantitative estimate of drug-likeness (QED) is 0.331. The van der Waals surface area contributed by atoms with E-state index in [-0.39, 0.29) is 36.1 Å². The lowest BCUT2D eigenvalue weighted by atomic mass is 9.85. The van der Waals surface area contributed by atoms with Crippen molar-refractivity contribution in [3.05, 3.63) is 48.6 Å². The molecule has 0 bridgehead atoms. The van der Waals surface area contributed by atoms with Crippen molar-refractivity contribution < 1.29 is 18.6 Å². The molecule has 2 aliphatic rings. The lowest BCUT2D eigenvalue weighted by molar-refractivity contribution is -0.240. The van der Waals surface area contributed by atoms with E-state index in [0.29, 0.717) is 6.61 Å². The van der Waals surface area contributed by atoms with Gasteiger partial charge in [-0.3, -0.25) is 0 Å². The van der Waals surface area contributed by atoms with Crippen LogP contribution in [-0.2, 0) is 25.2 Å². The predicted octanol–water partition coefficient (Wildman–Crippen LogP) is 6.26. The fourth-order valence-electron chi connectivity index (χ4n) is 5.15. The summed E-state index contributed by atoms with van der Waals surface area (Å²) in [5.74, 6) is 0. The normalized spacial score (nSPS) is 34.0. The zero-order valence-electron chi connectivity index (χ0n) is 20.1. The molecule has 2 saturated heterocycles. The van der Waals surface area contributed by atoms with E-state index in [1.807, 2.05) is 24.3 Å². The molecule has 0 spiro atoms. The molecule has 0 amide bonds. The van der Waals surface area contributed by atoms with E-state index in [9.17, 15) is 0 Å². The third-order valence-corrected chi connectivity index (χ3v) is 12.3. The summed E-state index contributed by atoms with van der Waals surface area (Å²) < 4.78 is 26.4. The van der Waals surface area contributed by atoms with Crippen molar-refractivity contribution in [2.24, 2.45) is 0 Å². The van der Waals surface area contributed by atoms with Gasteiger partial charge in [-0.25, -0.2) is 0 Å². The van der Waals surface area contributed by atoms with Gasteiger partial charge < -0.3 is 18.6 Å². The summed E-state index contributed by atoms with van der Waals surface area (Å²) in [5.41, 5.74) is 0.863. The number of hydrogen-bond donors (Lipinski definition) is 0. The molecule has 2 fully saturated rings. The molecule has 0 aliphatic carbocycles. The summed E-state index contributed by atoms with van der Waals surface area (Å²) in [4.78, 5) is 0. The summed E-state index contributed by atoms with van der Waals surface area (Å²) in [6, 6.07) is 13.8. The van der Waals surface area contributed by atoms with Crippen LogP contribution in [0.15, 0.2) is 43.0 Å². The standard InChI is InChI=1S/C26H42O4Si/c1-7-22-23(30-31(8-2,9-3)10-4)16-17-26(6)25(28-22)18-24(20(5)29-26)27-19-21-14-12-11-13-15-21/h7,11-15,20,22-25H,1,8-10,16-19H2,2-6H3/t20-,22+,23-,24+,25-,26+/m1/s1. The second kappa shape index (κ2) is 10.8. The third kappa shape index (κ3) is 5.69. The molecule has 0 saturated carbocycles. The van der Waals surface area contributed by atoms with E-state index < -0.39 is 8.32 Å². The molecule has 4 nitrogen and oxygen atoms in total. The molecular weight excluding hydrogens is 404 g/mol. The van der Waals surface area contributed by atoms with Crippen molar-refractivity contribution in [1.82, 2.24) is 0 Å². The lowest BCUT2D eigenvalue weighted by Gasteiger charge is -2.46. The molecule has 0 aromatic heterocycles. The Morgan fingerprint density at radius 1 is 1.13 bits per heavy atom. The van der Waals surface area contributed by atoms with Gasteiger partial charge in [0, 0.05) is 6.42 Å². The Bertz CT molecular complexity index is 684. The molecule has 5 heteroatoms. The predicted molar refractivity (Wildman–Crippen MR) is 129 cm³/mol. The summed E-state index contributed by atoms with van der Waals surface area (Å²) >= 11 is 0. The Hall–Kier alpha value is -0.983. The third-order valence-electron chi connectivity index (χ3n) is 7.59. The smallest absolute Gasteiger partial charge is 0.192 e. The molecule has 3 rings (SSSR count). The molecule has 0 N–H and O–H groups in total. The average Bonchev–Trinajstić information content (AvgIpc) is 2.92. The van der Waals surface area contributed by atoms with E-state index in [1.165, 1.54) is 5.56 Å². The van der Waals surface area contributed by atoms with Crippen molar-refractivity contribution >= 4 is 8.32 Å². The van der Waals surface area contributed by atoms with Crippen LogP contribution in [-0.4, -0.2) is 44.4 Å². The van der Waals surface area contributed by atoms with Gasteiger partial charge in [0.15, 0.2) is 8.32 Å². The zero-order valence-corrected chi connectivity index (χ0v) is 21.1. The van der Waals surface area contributed by atoms with Gasteiger partial charge in [0.25, 0.3) is 0 Å². The number of ether oxygens (including phenoxy) is 3. The monoisotopic (exact) mass is 446 g/mol. The molecule has 2 heterocycles. The van der Waals surface area contributed by atoms with Crippen molar-refractivity contribution in [2.75, 3.05) is 0 Å². The highest BCUT2D eigenvalue weighted by Crippen LogP contribution is 2.41. The molecule has 0 unspecified atom stereocenters. The summed E-state index contributed by atoms with van der Waals surface area (Å²) in [5, 5.41) is 0. The van der Waals surface area contributed by atoms with Crippen LogP contribution >= 0.6 is 0 Å². The van der Waals surface area contributed by atoms with E-state index >= 15 is 0 Å². The average molecular weight is 447 g/mol. The molecule has 174 valence electrons. The van der Waals surface area contributed by atoms with E-state index in [1.54, 1.807) is 0 Å². The summed E-state index contributed by atoms with van der Waals surface area (Å²) in [6.07, 6.45) is 4.63. The van der Waals surface area contributed by atoms with E-state index in [2.05, 4.69) is 53.3 Å². The number of fused-ring (bicyclic) bond motifs is 1. The molecule has 1 aromatic carbocycles. The molecule has 31 heavy (non-hydrogen) atoms. The Morgan fingerprint density at radius 2 is 1.81 bits per heavy atom. The Morgan fingerprint density at radius 3 is 2.42 bits per heavy atom. The minimum absolute atomic E-state index is 0.0107. The number of benzene rings is 1.